The summed E-state index contributed by atoms with van der Waals surface area (Å²) in [5.74, 6) is 1.53. The van der Waals surface area contributed by atoms with Crippen LogP contribution in [0.5, 0.6) is 0 Å². The first-order valence-electron chi connectivity index (χ1n) is 8.24. The highest BCUT2D eigenvalue weighted by Crippen LogP contribution is 2.35. The molecule has 1 aliphatic heterocycles. The predicted molar refractivity (Wildman–Crippen MR) is 94.8 cm³/mol. The molecule has 3 aromatic rings. The Morgan fingerprint density at radius 1 is 1.28 bits per heavy atom. The van der Waals surface area contributed by atoms with Gasteiger partial charge in [0.2, 0.25) is 5.91 Å². The fourth-order valence-electron chi connectivity index (χ4n) is 3.36. The molecule has 0 bridgehead atoms. The average molecular weight is 337 g/mol. The summed E-state index contributed by atoms with van der Waals surface area (Å²) in [4.78, 5) is 22.8. The van der Waals surface area contributed by atoms with Gasteiger partial charge in [-0.2, -0.15) is 4.98 Å². The van der Waals surface area contributed by atoms with Gasteiger partial charge in [0.05, 0.1) is 5.69 Å². The monoisotopic (exact) mass is 337 g/mol. The van der Waals surface area contributed by atoms with Gasteiger partial charge in [0.25, 0.3) is 5.71 Å². The van der Waals surface area contributed by atoms with Gasteiger partial charge >= 0.3 is 0 Å². The van der Waals surface area contributed by atoms with Crippen LogP contribution in [-0.2, 0) is 4.79 Å². The molecule has 0 unspecified atom stereocenters. The maximum atomic E-state index is 12.3. The van der Waals surface area contributed by atoms with Crippen LogP contribution in [0.1, 0.15) is 29.4 Å². The number of aromatic nitrogens is 3. The number of hydrogen-bond donors (Lipinski definition) is 1. The van der Waals surface area contributed by atoms with Crippen LogP contribution in [0.4, 0.5) is 11.5 Å². The van der Waals surface area contributed by atoms with E-state index in [-0.39, 0.29) is 11.8 Å². The smallest absolute Gasteiger partial charge is 0.263 e. The Morgan fingerprint density at radius 3 is 2.92 bits per heavy atom. The van der Waals surface area contributed by atoms with Crippen molar-refractivity contribution in [3.63, 3.8) is 0 Å². The zero-order chi connectivity index (χ0) is 17.6. The summed E-state index contributed by atoms with van der Waals surface area (Å²) in [7, 11) is 1.82. The van der Waals surface area contributed by atoms with E-state index < -0.39 is 0 Å². The summed E-state index contributed by atoms with van der Waals surface area (Å²) < 4.78 is 5.25. The predicted octanol–water partition coefficient (Wildman–Crippen LogP) is 2.80. The molecule has 3 heterocycles. The average Bonchev–Trinajstić information content (AvgIpc) is 2.97. The number of anilines is 2. The van der Waals surface area contributed by atoms with Gasteiger partial charge in [0.1, 0.15) is 17.0 Å². The van der Waals surface area contributed by atoms with Crippen LogP contribution in [0.3, 0.4) is 0 Å². The number of nitrogens with zero attached hydrogens (tertiary/aromatic N) is 4. The molecular weight excluding hydrogens is 318 g/mol. The van der Waals surface area contributed by atoms with E-state index in [4.69, 9.17) is 4.52 Å². The molecule has 1 amide bonds. The summed E-state index contributed by atoms with van der Waals surface area (Å²) in [5.41, 5.74) is 3.36. The molecule has 1 N–H and O–H groups in total. The molecule has 1 aromatic carbocycles. The van der Waals surface area contributed by atoms with Crippen LogP contribution >= 0.6 is 0 Å². The zero-order valence-corrected chi connectivity index (χ0v) is 14.4. The fraction of sp³-hybridized carbons (Fsp3) is 0.333. The van der Waals surface area contributed by atoms with Crippen molar-refractivity contribution in [2.24, 2.45) is 0 Å². The Morgan fingerprint density at radius 2 is 2.08 bits per heavy atom. The van der Waals surface area contributed by atoms with Gasteiger partial charge in [-0.25, -0.2) is 4.98 Å². The third kappa shape index (κ3) is 2.61. The number of fused-ring (bicyclic) bond motifs is 2. The van der Waals surface area contributed by atoms with Crippen LogP contribution in [0.15, 0.2) is 28.8 Å². The number of aryl methyl sites for hydroxylation is 2. The molecule has 1 atom stereocenters. The first kappa shape index (κ1) is 15.6. The largest absolute Gasteiger partial charge is 0.369 e. The second-order valence-electron chi connectivity index (χ2n) is 6.36. The van der Waals surface area contributed by atoms with Crippen LogP contribution in [0.2, 0.25) is 0 Å². The van der Waals surface area contributed by atoms with Crippen molar-refractivity contribution in [1.29, 1.82) is 0 Å². The molecule has 25 heavy (non-hydrogen) atoms. The molecule has 4 rings (SSSR count). The summed E-state index contributed by atoms with van der Waals surface area (Å²) >= 11 is 0. The molecule has 7 nitrogen and oxygen atoms in total. The molecule has 0 aliphatic carbocycles. The molecule has 128 valence electrons. The molecule has 0 saturated heterocycles. The van der Waals surface area contributed by atoms with Crippen LogP contribution in [0, 0.1) is 13.8 Å². The number of nitrogens with one attached hydrogen (secondary N) is 1. The number of amides is 1. The van der Waals surface area contributed by atoms with Crippen molar-refractivity contribution >= 4 is 28.5 Å². The second-order valence-corrected chi connectivity index (χ2v) is 6.36. The normalized spacial score (nSPS) is 17.0. The molecule has 7 heteroatoms. The van der Waals surface area contributed by atoms with Gasteiger partial charge in [-0.1, -0.05) is 23.4 Å². The molecule has 0 radical (unpaired) electrons. The van der Waals surface area contributed by atoms with Crippen LogP contribution < -0.4 is 10.2 Å². The lowest BCUT2D eigenvalue weighted by Gasteiger charge is -2.31. The molecule has 2 aromatic heterocycles. The van der Waals surface area contributed by atoms with Crippen molar-refractivity contribution in [2.45, 2.75) is 26.2 Å². The van der Waals surface area contributed by atoms with Crippen LogP contribution in [0.25, 0.3) is 11.1 Å². The van der Waals surface area contributed by atoms with E-state index in [1.54, 1.807) is 4.90 Å². The van der Waals surface area contributed by atoms with Crippen LogP contribution in [-0.4, -0.2) is 34.6 Å². The van der Waals surface area contributed by atoms with Gasteiger partial charge < -0.3 is 14.7 Å². The summed E-state index contributed by atoms with van der Waals surface area (Å²) in [6.45, 7) is 4.29. The lowest BCUT2D eigenvalue weighted by molar-refractivity contribution is -0.119. The number of para-hydroxylation sites is 1. The molecular formula is C18H19N5O2. The number of carbonyl (C=O) groups excluding carboxylic acids is 1. The van der Waals surface area contributed by atoms with Crippen molar-refractivity contribution < 1.29 is 9.32 Å². The lowest BCUT2D eigenvalue weighted by Crippen LogP contribution is -2.35. The van der Waals surface area contributed by atoms with Gasteiger partial charge in [-0.15, -0.1) is 0 Å². The molecule has 0 saturated carbocycles. The van der Waals surface area contributed by atoms with Gasteiger partial charge in [-0.3, -0.25) is 4.79 Å². The molecule has 0 spiro atoms. The quantitative estimate of drug-likeness (QED) is 0.791. The Hall–Kier alpha value is -2.96. The van der Waals surface area contributed by atoms with Gasteiger partial charge in [0.15, 0.2) is 0 Å². The zero-order valence-electron chi connectivity index (χ0n) is 14.4. The number of carbonyl (C=O) groups is 1. The first-order chi connectivity index (χ1) is 12.0. The summed E-state index contributed by atoms with van der Waals surface area (Å²) in [5, 5.41) is 8.14. The third-order valence-electron chi connectivity index (χ3n) is 4.67. The lowest BCUT2D eigenvalue weighted by atomic mass is 9.89. The van der Waals surface area contributed by atoms with E-state index >= 15 is 0 Å². The minimum Gasteiger partial charge on any atom is -0.369 e. The highest BCUT2D eigenvalue weighted by atomic mass is 16.5. The second kappa shape index (κ2) is 5.84. The summed E-state index contributed by atoms with van der Waals surface area (Å²) in [6, 6.07) is 8.02. The Balaban J connectivity index is 1.65. The Bertz CT molecular complexity index is 965. The van der Waals surface area contributed by atoms with Gasteiger partial charge in [-0.05, 0) is 25.5 Å². The van der Waals surface area contributed by atoms with Crippen molar-refractivity contribution in [3.05, 3.63) is 41.3 Å². The maximum Gasteiger partial charge on any atom is 0.263 e. The first-order valence-corrected chi connectivity index (χ1v) is 8.24. The minimum absolute atomic E-state index is 0.0883. The van der Waals surface area contributed by atoms with Crippen molar-refractivity contribution in [2.75, 3.05) is 23.8 Å². The van der Waals surface area contributed by atoms with E-state index in [0.717, 1.165) is 16.8 Å². The Kier molecular flexibility index (Phi) is 3.63. The topological polar surface area (TPSA) is 84.2 Å². The maximum absolute atomic E-state index is 12.3. The van der Waals surface area contributed by atoms with Crippen molar-refractivity contribution in [1.82, 2.24) is 15.1 Å². The van der Waals surface area contributed by atoms with E-state index in [1.807, 2.05) is 39.1 Å². The molecule has 1 aliphatic rings. The third-order valence-corrected chi connectivity index (χ3v) is 4.67. The highest BCUT2D eigenvalue weighted by molar-refractivity contribution is 5.96. The fourth-order valence-corrected chi connectivity index (χ4v) is 3.36. The van der Waals surface area contributed by atoms with Crippen molar-refractivity contribution in [3.8, 4) is 0 Å². The standard InChI is InChI=1S/C18H19N5O2/c1-10-16-17(20-11(2)21-18(16)25-22-10)19-9-12-8-15(24)23(3)14-7-5-4-6-13(12)14/h4-7,12H,8-9H2,1-3H3,(H,19,20,21)/t12-/m1/s1. The molecule has 0 fully saturated rings. The number of hydrogen-bond acceptors (Lipinski definition) is 6. The van der Waals surface area contributed by atoms with Gasteiger partial charge in [0, 0.05) is 31.6 Å². The van der Waals surface area contributed by atoms with E-state index in [1.165, 1.54) is 5.56 Å². The van der Waals surface area contributed by atoms with E-state index in [0.29, 0.717) is 30.3 Å². The highest BCUT2D eigenvalue weighted by Gasteiger charge is 2.29. The number of benzene rings is 1. The van der Waals surface area contributed by atoms with E-state index in [9.17, 15) is 4.79 Å². The SMILES string of the molecule is Cc1nc(NC[C@H]2CC(=O)N(C)c3ccccc32)c2c(C)noc2n1. The van der Waals surface area contributed by atoms with E-state index in [2.05, 4.69) is 26.5 Å². The minimum atomic E-state index is 0.0883. The summed E-state index contributed by atoms with van der Waals surface area (Å²) in [6.07, 6.45) is 0.469. The number of rotatable bonds is 3. The Labute approximate surface area is 145 Å².